The average Bonchev–Trinajstić information content (AvgIpc) is 2.89. The van der Waals surface area contributed by atoms with Crippen LogP contribution >= 0.6 is 23.2 Å². The summed E-state index contributed by atoms with van der Waals surface area (Å²) in [5, 5.41) is 11.8. The summed E-state index contributed by atoms with van der Waals surface area (Å²) in [5.41, 5.74) is -4.13. The van der Waals surface area contributed by atoms with Crippen LogP contribution in [0.1, 0.15) is 44.4 Å². The lowest BCUT2D eigenvalue weighted by Gasteiger charge is -2.32. The van der Waals surface area contributed by atoms with E-state index in [9.17, 15) is 23.1 Å². The van der Waals surface area contributed by atoms with Gasteiger partial charge in [0.15, 0.2) is 5.60 Å². The molecule has 1 aliphatic rings. The van der Waals surface area contributed by atoms with Crippen LogP contribution in [0.15, 0.2) is 36.4 Å². The van der Waals surface area contributed by atoms with E-state index in [4.69, 9.17) is 23.2 Å². The minimum absolute atomic E-state index is 0.0765. The molecule has 0 saturated heterocycles. The van der Waals surface area contributed by atoms with Crippen LogP contribution < -0.4 is 4.90 Å². The van der Waals surface area contributed by atoms with Gasteiger partial charge in [-0.25, -0.2) is 0 Å². The third-order valence-electron chi connectivity index (χ3n) is 5.77. The van der Waals surface area contributed by atoms with Crippen LogP contribution in [0.2, 0.25) is 10.0 Å². The lowest BCUT2D eigenvalue weighted by atomic mass is 9.84. The molecule has 0 radical (unpaired) electrons. The van der Waals surface area contributed by atoms with E-state index in [1.54, 1.807) is 0 Å². The second-order valence-electron chi connectivity index (χ2n) is 8.42. The molecular formula is C23H25Cl2F3N2O2. The Morgan fingerprint density at radius 3 is 2.25 bits per heavy atom. The van der Waals surface area contributed by atoms with Crippen LogP contribution in [0.25, 0.3) is 0 Å². The molecule has 1 N–H and O–H groups in total. The second-order valence-corrected chi connectivity index (χ2v) is 9.26. The third kappa shape index (κ3) is 4.23. The molecule has 0 spiro atoms. The number of nitrogens with zero attached hydrogens (tertiary/aromatic N) is 2. The summed E-state index contributed by atoms with van der Waals surface area (Å²) >= 11 is 12.5. The molecule has 2 aromatic carbocycles. The van der Waals surface area contributed by atoms with Crippen molar-refractivity contribution in [2.75, 3.05) is 18.0 Å². The van der Waals surface area contributed by atoms with Crippen molar-refractivity contribution in [1.82, 2.24) is 4.90 Å². The minimum atomic E-state index is -4.77. The van der Waals surface area contributed by atoms with Gasteiger partial charge in [-0.05, 0) is 45.9 Å². The van der Waals surface area contributed by atoms with Crippen molar-refractivity contribution in [3.63, 3.8) is 0 Å². The molecule has 2 aromatic rings. The number of hydrogen-bond donors (Lipinski definition) is 1. The van der Waals surface area contributed by atoms with Gasteiger partial charge < -0.3 is 10.0 Å². The number of fused-ring (bicyclic) bond motifs is 1. The molecule has 1 heterocycles. The van der Waals surface area contributed by atoms with Crippen molar-refractivity contribution < 1.29 is 23.1 Å². The predicted octanol–water partition coefficient (Wildman–Crippen LogP) is 5.71. The highest BCUT2D eigenvalue weighted by atomic mass is 35.5. The van der Waals surface area contributed by atoms with E-state index < -0.39 is 28.8 Å². The molecule has 1 atom stereocenters. The van der Waals surface area contributed by atoms with E-state index in [2.05, 4.69) is 4.90 Å². The van der Waals surface area contributed by atoms with Crippen LogP contribution in [0.4, 0.5) is 18.9 Å². The van der Waals surface area contributed by atoms with Gasteiger partial charge in [-0.15, -0.1) is 0 Å². The van der Waals surface area contributed by atoms with Crippen LogP contribution in [0, 0.1) is 0 Å². The van der Waals surface area contributed by atoms with Gasteiger partial charge in [-0.1, -0.05) is 41.4 Å². The lowest BCUT2D eigenvalue weighted by molar-refractivity contribution is -0.142. The number of hydrogen-bond acceptors (Lipinski definition) is 3. The van der Waals surface area contributed by atoms with E-state index >= 15 is 0 Å². The summed E-state index contributed by atoms with van der Waals surface area (Å²) in [7, 11) is 0. The number of carbonyl (C=O) groups is 1. The summed E-state index contributed by atoms with van der Waals surface area (Å²) in [6.07, 6.45) is -4.77. The van der Waals surface area contributed by atoms with Crippen LogP contribution in [0.5, 0.6) is 0 Å². The van der Waals surface area contributed by atoms with E-state index in [-0.39, 0.29) is 39.9 Å². The van der Waals surface area contributed by atoms with Gasteiger partial charge in [0.05, 0.1) is 16.3 Å². The van der Waals surface area contributed by atoms with Crippen LogP contribution in [0.3, 0.4) is 0 Å². The molecule has 1 unspecified atom stereocenters. The summed E-state index contributed by atoms with van der Waals surface area (Å²) < 4.78 is 41.3. The Kier molecular flexibility index (Phi) is 6.87. The topological polar surface area (TPSA) is 43.8 Å². The number of carbonyl (C=O) groups excluding carboxylic acids is 1. The standard InChI is InChI=1S/C23H25Cl2F3N2O2/c1-13(2)29(14(3)4)9-10-30-19-12-15(24)11-18(25)20(19)22(32,21(30)31)16-7-5-6-8-17(16)23(26,27)28/h5-8,11-14,32H,9-10H2,1-4H3. The molecule has 3 rings (SSSR count). The quantitative estimate of drug-likeness (QED) is 0.565. The first kappa shape index (κ1) is 24.8. The first-order valence-corrected chi connectivity index (χ1v) is 11.0. The van der Waals surface area contributed by atoms with Gasteiger partial charge in [-0.2, -0.15) is 13.2 Å². The van der Waals surface area contributed by atoms with Crippen LogP contribution in [-0.4, -0.2) is 41.1 Å². The Morgan fingerprint density at radius 1 is 1.09 bits per heavy atom. The number of aliphatic hydroxyl groups is 1. The minimum Gasteiger partial charge on any atom is -0.372 e. The van der Waals surface area contributed by atoms with E-state index in [1.165, 1.54) is 29.2 Å². The van der Waals surface area contributed by atoms with Crippen molar-refractivity contribution >= 4 is 34.8 Å². The van der Waals surface area contributed by atoms with Gasteiger partial charge in [0.1, 0.15) is 0 Å². The monoisotopic (exact) mass is 488 g/mol. The van der Waals surface area contributed by atoms with E-state index in [1.807, 2.05) is 27.7 Å². The number of anilines is 1. The zero-order valence-electron chi connectivity index (χ0n) is 18.2. The van der Waals surface area contributed by atoms with Gasteiger partial charge in [0.2, 0.25) is 0 Å². The van der Waals surface area contributed by atoms with Gasteiger partial charge >= 0.3 is 6.18 Å². The molecular weight excluding hydrogens is 464 g/mol. The average molecular weight is 489 g/mol. The maximum absolute atomic E-state index is 13.8. The molecule has 0 aromatic heterocycles. The first-order valence-electron chi connectivity index (χ1n) is 10.3. The SMILES string of the molecule is CC(C)N(CCN1C(=O)C(O)(c2ccccc2C(F)(F)F)c2c(Cl)cc(Cl)cc21)C(C)C. The molecule has 9 heteroatoms. The highest BCUT2D eigenvalue weighted by Crippen LogP contribution is 2.51. The fraction of sp³-hybridized carbons (Fsp3) is 0.435. The third-order valence-corrected chi connectivity index (χ3v) is 6.29. The number of amides is 1. The largest absolute Gasteiger partial charge is 0.416 e. The molecule has 1 aliphatic heterocycles. The van der Waals surface area contributed by atoms with E-state index in [0.29, 0.717) is 6.54 Å². The Labute approximate surface area is 195 Å². The highest BCUT2D eigenvalue weighted by molar-refractivity contribution is 6.37. The molecule has 174 valence electrons. The molecule has 32 heavy (non-hydrogen) atoms. The Morgan fingerprint density at radius 2 is 1.69 bits per heavy atom. The van der Waals surface area contributed by atoms with Crippen molar-refractivity contribution in [3.05, 3.63) is 63.1 Å². The van der Waals surface area contributed by atoms with Crippen molar-refractivity contribution in [2.24, 2.45) is 0 Å². The fourth-order valence-corrected chi connectivity index (χ4v) is 5.01. The molecule has 4 nitrogen and oxygen atoms in total. The van der Waals surface area contributed by atoms with Crippen molar-refractivity contribution in [2.45, 2.75) is 51.6 Å². The number of benzene rings is 2. The van der Waals surface area contributed by atoms with Gasteiger partial charge in [-0.3, -0.25) is 9.69 Å². The Balaban J connectivity index is 2.17. The molecule has 0 aliphatic carbocycles. The van der Waals surface area contributed by atoms with Gasteiger partial charge in [0.25, 0.3) is 5.91 Å². The predicted molar refractivity (Wildman–Crippen MR) is 120 cm³/mol. The maximum Gasteiger partial charge on any atom is 0.416 e. The fourth-order valence-electron chi connectivity index (χ4n) is 4.39. The summed E-state index contributed by atoms with van der Waals surface area (Å²) in [6.45, 7) is 8.66. The van der Waals surface area contributed by atoms with Crippen LogP contribution in [-0.2, 0) is 16.6 Å². The smallest absolute Gasteiger partial charge is 0.372 e. The summed E-state index contributed by atoms with van der Waals surface area (Å²) in [5.74, 6) is -0.888. The first-order chi connectivity index (χ1) is 14.8. The summed E-state index contributed by atoms with van der Waals surface area (Å²) in [6, 6.07) is 7.62. The molecule has 0 saturated carbocycles. The second kappa shape index (κ2) is 8.86. The molecule has 0 bridgehead atoms. The zero-order chi connectivity index (χ0) is 24.0. The lowest BCUT2D eigenvalue weighted by Crippen LogP contribution is -2.47. The number of rotatable bonds is 6. The van der Waals surface area contributed by atoms with Crippen molar-refractivity contribution in [3.8, 4) is 0 Å². The van der Waals surface area contributed by atoms with E-state index in [0.717, 1.165) is 12.1 Å². The van der Waals surface area contributed by atoms with Gasteiger partial charge in [0, 0.05) is 41.3 Å². The van der Waals surface area contributed by atoms with Crippen molar-refractivity contribution in [1.29, 1.82) is 0 Å². The molecule has 0 fully saturated rings. The molecule has 1 amide bonds. The Hall–Kier alpha value is -1.80. The zero-order valence-corrected chi connectivity index (χ0v) is 19.7. The number of halogens is 5. The normalized spacial score (nSPS) is 18.9. The number of alkyl halides is 3. The maximum atomic E-state index is 13.8. The summed E-state index contributed by atoms with van der Waals surface area (Å²) in [4.78, 5) is 17.0. The highest BCUT2D eigenvalue weighted by Gasteiger charge is 2.55. The Bertz CT molecular complexity index is 1020.